The van der Waals surface area contributed by atoms with Crippen LogP contribution in [0.3, 0.4) is 0 Å². The molecule has 0 heterocycles. The third kappa shape index (κ3) is 20.1. The van der Waals surface area contributed by atoms with Crippen molar-refractivity contribution in [2.75, 3.05) is 40.5 Å². The van der Waals surface area contributed by atoms with Crippen LogP contribution in [0.15, 0.2) is 0 Å². The highest BCUT2D eigenvalue weighted by atomic mass is 31.1. The van der Waals surface area contributed by atoms with E-state index in [1.807, 2.05) is 0 Å². The van der Waals surface area contributed by atoms with Gasteiger partial charge >= 0.3 is 0 Å². The smallest absolute Gasteiger partial charge is 0.191 e. The number of hydrogen-bond donors (Lipinski definition) is 0. The van der Waals surface area contributed by atoms with Crippen molar-refractivity contribution in [2.45, 2.75) is 84.0 Å². The Bertz CT molecular complexity index is 277. The molecule has 0 aromatic heterocycles. The molecule has 1 unspecified atom stereocenters. The predicted octanol–water partition coefficient (Wildman–Crippen LogP) is 5.89. The van der Waals surface area contributed by atoms with Gasteiger partial charge in [-0.1, -0.05) is 77.6 Å². The molecule has 140 valence electrons. The Labute approximate surface area is 146 Å². The fraction of sp³-hybridized carbons (Fsp3) is 1.00. The first-order valence-corrected chi connectivity index (χ1v) is 11.4. The average molecular weight is 349 g/mol. The third-order valence-corrected chi connectivity index (χ3v) is 5.55. The Morgan fingerprint density at radius 1 is 0.739 bits per heavy atom. The van der Waals surface area contributed by atoms with Crippen LogP contribution in [-0.2, 0) is 9.09 Å². The van der Waals surface area contributed by atoms with Gasteiger partial charge in [-0.3, -0.25) is 4.57 Å². The molecule has 0 radical (unpaired) electrons. The molecule has 0 rings (SSSR count). The van der Waals surface area contributed by atoms with Crippen LogP contribution in [0.25, 0.3) is 0 Å². The van der Waals surface area contributed by atoms with Gasteiger partial charge in [-0.25, -0.2) is 0 Å². The van der Waals surface area contributed by atoms with Crippen molar-refractivity contribution in [2.24, 2.45) is 0 Å². The van der Waals surface area contributed by atoms with Crippen LogP contribution in [0.5, 0.6) is 0 Å². The minimum Gasteiger partial charge on any atom is -0.329 e. The van der Waals surface area contributed by atoms with Crippen LogP contribution in [0.1, 0.15) is 84.0 Å². The maximum absolute atomic E-state index is 11.8. The molecule has 3 nitrogen and oxygen atoms in total. The summed E-state index contributed by atoms with van der Waals surface area (Å²) >= 11 is 0. The molecule has 0 saturated carbocycles. The molecule has 0 aromatic rings. The Hall–Kier alpha value is 0.150. The summed E-state index contributed by atoms with van der Waals surface area (Å²) in [5.41, 5.74) is 0. The SMILES string of the molecule is CCCCCCCCCCCCCC[PH](=O)OCC[N+](C)(C)C. The van der Waals surface area contributed by atoms with E-state index in [1.165, 1.54) is 70.6 Å². The first-order chi connectivity index (χ1) is 11.0. The lowest BCUT2D eigenvalue weighted by molar-refractivity contribution is -0.870. The van der Waals surface area contributed by atoms with Crippen LogP contribution in [0, 0.1) is 0 Å². The van der Waals surface area contributed by atoms with Crippen molar-refractivity contribution >= 4 is 8.03 Å². The van der Waals surface area contributed by atoms with Crippen LogP contribution < -0.4 is 0 Å². The summed E-state index contributed by atoms with van der Waals surface area (Å²) in [6.07, 6.45) is 16.9. The van der Waals surface area contributed by atoms with Gasteiger partial charge in [-0.2, -0.15) is 0 Å². The molecule has 0 amide bonds. The minimum absolute atomic E-state index is 0.625. The van der Waals surface area contributed by atoms with Gasteiger partial charge in [0.1, 0.15) is 13.2 Å². The molecular weight excluding hydrogens is 305 g/mol. The summed E-state index contributed by atoms with van der Waals surface area (Å²) in [6, 6.07) is 0. The number of hydrogen-bond acceptors (Lipinski definition) is 2. The second kappa shape index (κ2) is 15.7. The lowest BCUT2D eigenvalue weighted by Crippen LogP contribution is -2.37. The van der Waals surface area contributed by atoms with Crippen molar-refractivity contribution in [3.8, 4) is 0 Å². The fourth-order valence-corrected chi connectivity index (χ4v) is 3.62. The van der Waals surface area contributed by atoms with Crippen molar-refractivity contribution in [3.63, 3.8) is 0 Å². The molecule has 0 saturated heterocycles. The number of rotatable bonds is 17. The third-order valence-electron chi connectivity index (χ3n) is 4.26. The second-order valence-electron chi connectivity index (χ2n) is 7.87. The molecule has 0 aliphatic heterocycles. The minimum atomic E-state index is -1.78. The predicted molar refractivity (Wildman–Crippen MR) is 104 cm³/mol. The van der Waals surface area contributed by atoms with E-state index >= 15 is 0 Å². The lowest BCUT2D eigenvalue weighted by Gasteiger charge is -2.23. The van der Waals surface area contributed by atoms with Gasteiger partial charge in [0.2, 0.25) is 0 Å². The van der Waals surface area contributed by atoms with E-state index in [4.69, 9.17) is 4.52 Å². The molecule has 23 heavy (non-hydrogen) atoms. The maximum atomic E-state index is 11.8. The van der Waals surface area contributed by atoms with Crippen molar-refractivity contribution in [1.29, 1.82) is 0 Å². The summed E-state index contributed by atoms with van der Waals surface area (Å²) in [6.45, 7) is 3.82. The average Bonchev–Trinajstić information content (AvgIpc) is 2.47. The van der Waals surface area contributed by atoms with E-state index in [-0.39, 0.29) is 0 Å². The second-order valence-corrected chi connectivity index (χ2v) is 9.41. The Balaban J connectivity index is 3.19. The molecular formula is C19H43NO2P+. The molecule has 0 aliphatic carbocycles. The zero-order valence-corrected chi connectivity index (χ0v) is 17.4. The van der Waals surface area contributed by atoms with Crippen molar-refractivity contribution in [1.82, 2.24) is 0 Å². The zero-order chi connectivity index (χ0) is 17.4. The first-order valence-electron chi connectivity index (χ1n) is 9.92. The van der Waals surface area contributed by atoms with E-state index in [0.717, 1.165) is 23.6 Å². The highest BCUT2D eigenvalue weighted by Crippen LogP contribution is 2.24. The Morgan fingerprint density at radius 2 is 1.17 bits per heavy atom. The van der Waals surface area contributed by atoms with E-state index in [1.54, 1.807) is 0 Å². The highest BCUT2D eigenvalue weighted by molar-refractivity contribution is 7.39. The summed E-state index contributed by atoms with van der Waals surface area (Å²) < 4.78 is 18.1. The van der Waals surface area contributed by atoms with Crippen molar-refractivity contribution < 1.29 is 13.6 Å². The zero-order valence-electron chi connectivity index (χ0n) is 16.4. The van der Waals surface area contributed by atoms with Crippen LogP contribution >= 0.6 is 8.03 Å². The van der Waals surface area contributed by atoms with Crippen LogP contribution in [0.4, 0.5) is 0 Å². The van der Waals surface area contributed by atoms with Crippen LogP contribution in [0.2, 0.25) is 0 Å². The number of nitrogens with zero attached hydrogens (tertiary/aromatic N) is 1. The summed E-state index contributed by atoms with van der Waals surface area (Å²) in [5, 5.41) is 0. The van der Waals surface area contributed by atoms with Crippen molar-refractivity contribution in [3.05, 3.63) is 0 Å². The highest BCUT2D eigenvalue weighted by Gasteiger charge is 2.07. The topological polar surface area (TPSA) is 26.3 Å². The van der Waals surface area contributed by atoms with Crippen LogP contribution in [-0.4, -0.2) is 44.9 Å². The number of quaternary nitrogens is 1. The molecule has 1 atom stereocenters. The monoisotopic (exact) mass is 348 g/mol. The molecule has 0 spiro atoms. The molecule has 4 heteroatoms. The van der Waals surface area contributed by atoms with Gasteiger partial charge in [-0.15, -0.1) is 0 Å². The summed E-state index contributed by atoms with van der Waals surface area (Å²) in [4.78, 5) is 0. The van der Waals surface area contributed by atoms with Gasteiger partial charge in [0.25, 0.3) is 0 Å². The molecule has 0 bridgehead atoms. The van der Waals surface area contributed by atoms with E-state index in [0.29, 0.717) is 6.61 Å². The summed E-state index contributed by atoms with van der Waals surface area (Å²) in [7, 11) is 4.61. The Morgan fingerprint density at radius 3 is 1.61 bits per heavy atom. The van der Waals surface area contributed by atoms with Gasteiger partial charge in [0, 0.05) is 6.16 Å². The lowest BCUT2D eigenvalue weighted by atomic mass is 10.1. The molecule has 0 fully saturated rings. The fourth-order valence-electron chi connectivity index (χ4n) is 2.62. The molecule has 0 aliphatic rings. The quantitative estimate of drug-likeness (QED) is 0.186. The maximum Gasteiger partial charge on any atom is 0.191 e. The standard InChI is InChI=1S/C19H43NO2P/c1-5-6-7-8-9-10-11-12-13-14-15-16-19-23(21)22-18-17-20(2,3)4/h23H,5-19H2,1-4H3/q+1. The first kappa shape index (κ1) is 23.1. The van der Waals surface area contributed by atoms with E-state index in [9.17, 15) is 4.57 Å². The van der Waals surface area contributed by atoms with E-state index in [2.05, 4.69) is 28.1 Å². The van der Waals surface area contributed by atoms with Gasteiger partial charge in [0.15, 0.2) is 8.03 Å². The molecule has 0 aromatic carbocycles. The van der Waals surface area contributed by atoms with Gasteiger partial charge in [-0.05, 0) is 6.42 Å². The summed E-state index contributed by atoms with van der Waals surface area (Å²) in [5.74, 6) is 0. The van der Waals surface area contributed by atoms with Gasteiger partial charge in [0.05, 0.1) is 21.1 Å². The van der Waals surface area contributed by atoms with Gasteiger partial charge < -0.3 is 9.01 Å². The number of likely N-dealkylation sites (N-methyl/N-ethyl adjacent to an activating group) is 1. The number of unbranched alkanes of at least 4 members (excludes halogenated alkanes) is 11. The largest absolute Gasteiger partial charge is 0.329 e. The Kier molecular flexibility index (Phi) is 15.8. The van der Waals surface area contributed by atoms with E-state index < -0.39 is 8.03 Å². The normalized spacial score (nSPS) is 13.4. The molecule has 0 N–H and O–H groups in total.